The van der Waals surface area contributed by atoms with Crippen LogP contribution in [0.15, 0.2) is 42.6 Å². The highest BCUT2D eigenvalue weighted by molar-refractivity contribution is 5.60. The first kappa shape index (κ1) is 15.6. The van der Waals surface area contributed by atoms with E-state index >= 15 is 0 Å². The lowest BCUT2D eigenvalue weighted by molar-refractivity contribution is 0.219. The quantitative estimate of drug-likeness (QED) is 0.859. The topological polar surface area (TPSA) is 19.4 Å². The predicted octanol–water partition coefficient (Wildman–Crippen LogP) is 3.52. The Balaban J connectivity index is 1.51. The SMILES string of the molecule is CCN1CCC(N2CCc3ccc(Cc4ccccn4)cc32)CC1. The van der Waals surface area contributed by atoms with Crippen LogP contribution in [0, 0.1) is 0 Å². The van der Waals surface area contributed by atoms with Crippen molar-refractivity contribution in [2.45, 2.75) is 38.6 Å². The van der Waals surface area contributed by atoms with Crippen molar-refractivity contribution in [3.63, 3.8) is 0 Å². The smallest absolute Gasteiger partial charge is 0.0447 e. The van der Waals surface area contributed by atoms with Crippen molar-refractivity contribution >= 4 is 5.69 Å². The molecule has 0 saturated carbocycles. The molecule has 0 N–H and O–H groups in total. The third-order valence-corrected chi connectivity index (χ3v) is 5.64. The lowest BCUT2D eigenvalue weighted by Gasteiger charge is -2.37. The largest absolute Gasteiger partial charge is 0.368 e. The Bertz CT molecular complexity index is 675. The fourth-order valence-electron chi connectivity index (χ4n) is 4.20. The van der Waals surface area contributed by atoms with E-state index in [1.807, 2.05) is 12.3 Å². The van der Waals surface area contributed by atoms with E-state index in [0.717, 1.165) is 18.2 Å². The average Bonchev–Trinajstić information content (AvgIpc) is 3.06. The predicted molar refractivity (Wildman–Crippen MR) is 99.7 cm³/mol. The van der Waals surface area contributed by atoms with Gasteiger partial charge in [0.15, 0.2) is 0 Å². The van der Waals surface area contributed by atoms with E-state index < -0.39 is 0 Å². The third kappa shape index (κ3) is 3.18. The zero-order valence-electron chi connectivity index (χ0n) is 14.6. The van der Waals surface area contributed by atoms with Crippen molar-refractivity contribution in [2.75, 3.05) is 31.1 Å². The van der Waals surface area contributed by atoms with Gasteiger partial charge >= 0.3 is 0 Å². The van der Waals surface area contributed by atoms with Gasteiger partial charge in [0.05, 0.1) is 0 Å². The van der Waals surface area contributed by atoms with Crippen molar-refractivity contribution in [3.8, 4) is 0 Å². The molecule has 2 aromatic rings. The highest BCUT2D eigenvalue weighted by Gasteiger charge is 2.29. The first-order chi connectivity index (χ1) is 11.8. The maximum absolute atomic E-state index is 4.48. The molecule has 0 radical (unpaired) electrons. The Kier molecular flexibility index (Phi) is 4.52. The summed E-state index contributed by atoms with van der Waals surface area (Å²) in [5.74, 6) is 0. The molecule has 24 heavy (non-hydrogen) atoms. The zero-order valence-corrected chi connectivity index (χ0v) is 14.6. The minimum absolute atomic E-state index is 0.721. The molecule has 0 aliphatic carbocycles. The molecule has 126 valence electrons. The van der Waals surface area contributed by atoms with Gasteiger partial charge in [-0.2, -0.15) is 0 Å². The second kappa shape index (κ2) is 6.94. The van der Waals surface area contributed by atoms with Crippen molar-refractivity contribution in [1.29, 1.82) is 0 Å². The van der Waals surface area contributed by atoms with E-state index in [2.05, 4.69) is 52.0 Å². The van der Waals surface area contributed by atoms with E-state index in [-0.39, 0.29) is 0 Å². The van der Waals surface area contributed by atoms with Crippen LogP contribution in [-0.2, 0) is 12.8 Å². The van der Waals surface area contributed by atoms with Crippen molar-refractivity contribution in [2.24, 2.45) is 0 Å². The Morgan fingerprint density at radius 1 is 1.08 bits per heavy atom. The number of piperidine rings is 1. The summed E-state index contributed by atoms with van der Waals surface area (Å²) in [4.78, 5) is 9.73. The number of aromatic nitrogens is 1. The fourth-order valence-corrected chi connectivity index (χ4v) is 4.20. The summed E-state index contributed by atoms with van der Waals surface area (Å²) in [7, 11) is 0. The second-order valence-electron chi connectivity index (χ2n) is 7.07. The second-order valence-corrected chi connectivity index (χ2v) is 7.07. The molecule has 2 aliphatic rings. The van der Waals surface area contributed by atoms with Gasteiger partial charge in [0.25, 0.3) is 0 Å². The van der Waals surface area contributed by atoms with Gasteiger partial charge in [-0.15, -0.1) is 0 Å². The molecule has 3 nitrogen and oxygen atoms in total. The normalized spacial score (nSPS) is 18.8. The molecule has 3 heteroatoms. The molecule has 1 aromatic carbocycles. The number of pyridine rings is 1. The molecule has 1 aromatic heterocycles. The zero-order chi connectivity index (χ0) is 16.4. The summed E-state index contributed by atoms with van der Waals surface area (Å²) in [5, 5.41) is 0. The van der Waals surface area contributed by atoms with Crippen LogP contribution in [0.4, 0.5) is 5.69 Å². The maximum Gasteiger partial charge on any atom is 0.0447 e. The van der Waals surface area contributed by atoms with Gasteiger partial charge < -0.3 is 9.80 Å². The molecule has 0 atom stereocenters. The molecule has 3 heterocycles. The molecule has 0 unspecified atom stereocenters. The van der Waals surface area contributed by atoms with Gasteiger partial charge in [0.2, 0.25) is 0 Å². The molecule has 0 amide bonds. The van der Waals surface area contributed by atoms with Gasteiger partial charge in [0, 0.05) is 49.7 Å². The number of hydrogen-bond acceptors (Lipinski definition) is 3. The highest BCUT2D eigenvalue weighted by atomic mass is 15.2. The lowest BCUT2D eigenvalue weighted by atomic mass is 10.0. The van der Waals surface area contributed by atoms with E-state index in [4.69, 9.17) is 0 Å². The van der Waals surface area contributed by atoms with Gasteiger partial charge in [-0.25, -0.2) is 0 Å². The van der Waals surface area contributed by atoms with Crippen LogP contribution in [0.3, 0.4) is 0 Å². The summed E-state index contributed by atoms with van der Waals surface area (Å²) >= 11 is 0. The van der Waals surface area contributed by atoms with Gasteiger partial charge in [-0.3, -0.25) is 4.98 Å². The molecule has 4 rings (SSSR count). The maximum atomic E-state index is 4.48. The van der Waals surface area contributed by atoms with Crippen LogP contribution in [0.5, 0.6) is 0 Å². The number of anilines is 1. The average molecular weight is 321 g/mol. The van der Waals surface area contributed by atoms with E-state index in [1.54, 1.807) is 0 Å². The highest BCUT2D eigenvalue weighted by Crippen LogP contribution is 2.33. The van der Waals surface area contributed by atoms with Gasteiger partial charge in [-0.05, 0) is 55.1 Å². The number of hydrogen-bond donors (Lipinski definition) is 0. The first-order valence-electron chi connectivity index (χ1n) is 9.34. The Hall–Kier alpha value is -1.87. The fraction of sp³-hybridized carbons (Fsp3) is 0.476. The molecular weight excluding hydrogens is 294 g/mol. The summed E-state index contributed by atoms with van der Waals surface area (Å²) < 4.78 is 0. The van der Waals surface area contributed by atoms with Crippen LogP contribution in [-0.4, -0.2) is 42.1 Å². The van der Waals surface area contributed by atoms with Crippen LogP contribution < -0.4 is 4.90 Å². The standard InChI is InChI=1S/C21H27N3/c1-2-23-12-9-20(10-13-23)24-14-8-18-7-6-17(16-21(18)24)15-19-5-3-4-11-22-19/h3-7,11,16,20H,2,8-10,12-15H2,1H3. The Morgan fingerprint density at radius 2 is 1.96 bits per heavy atom. The molecule has 1 saturated heterocycles. The Morgan fingerprint density at radius 3 is 2.71 bits per heavy atom. The number of fused-ring (bicyclic) bond motifs is 1. The first-order valence-corrected chi connectivity index (χ1v) is 9.34. The number of rotatable bonds is 4. The minimum Gasteiger partial charge on any atom is -0.368 e. The van der Waals surface area contributed by atoms with E-state index in [0.29, 0.717) is 0 Å². The van der Waals surface area contributed by atoms with Gasteiger partial charge in [0.1, 0.15) is 0 Å². The van der Waals surface area contributed by atoms with Crippen LogP contribution >= 0.6 is 0 Å². The van der Waals surface area contributed by atoms with E-state index in [1.165, 1.54) is 62.3 Å². The van der Waals surface area contributed by atoms with Crippen molar-refractivity contribution in [3.05, 3.63) is 59.4 Å². The summed E-state index contributed by atoms with van der Waals surface area (Å²) in [6, 6.07) is 13.9. The van der Waals surface area contributed by atoms with Crippen LogP contribution in [0.2, 0.25) is 0 Å². The number of nitrogens with zero attached hydrogens (tertiary/aromatic N) is 3. The monoisotopic (exact) mass is 321 g/mol. The van der Waals surface area contributed by atoms with Crippen molar-refractivity contribution in [1.82, 2.24) is 9.88 Å². The number of benzene rings is 1. The Labute approximate surface area is 145 Å². The van der Waals surface area contributed by atoms with Gasteiger partial charge in [-0.1, -0.05) is 25.1 Å². The molecular formula is C21H27N3. The van der Waals surface area contributed by atoms with Crippen molar-refractivity contribution < 1.29 is 0 Å². The summed E-state index contributed by atoms with van der Waals surface area (Å²) in [6.07, 6.45) is 6.62. The minimum atomic E-state index is 0.721. The molecule has 0 bridgehead atoms. The summed E-state index contributed by atoms with van der Waals surface area (Å²) in [5.41, 5.74) is 5.54. The molecule has 2 aliphatic heterocycles. The molecule has 1 fully saturated rings. The lowest BCUT2D eigenvalue weighted by Crippen LogP contribution is -2.44. The van der Waals surface area contributed by atoms with E-state index in [9.17, 15) is 0 Å². The summed E-state index contributed by atoms with van der Waals surface area (Å²) in [6.45, 7) is 7.16. The molecule has 0 spiro atoms. The number of likely N-dealkylation sites (tertiary alicyclic amines) is 1. The third-order valence-electron chi connectivity index (χ3n) is 5.64. The van der Waals surface area contributed by atoms with Crippen LogP contribution in [0.1, 0.15) is 36.6 Å². The van der Waals surface area contributed by atoms with Crippen LogP contribution in [0.25, 0.3) is 0 Å².